The van der Waals surface area contributed by atoms with Crippen LogP contribution in [-0.4, -0.2) is 0 Å². The molecule has 2 aromatic carbocycles. The Balaban J connectivity index is 1.96. The first kappa shape index (κ1) is 16.4. The molecule has 0 saturated carbocycles. The number of rotatable bonds is 0. The minimum atomic E-state index is -3.75. The van der Waals surface area contributed by atoms with Gasteiger partial charge in [0.2, 0.25) is 0 Å². The third kappa shape index (κ3) is 1.92. The maximum atomic E-state index is 12.9. The second kappa shape index (κ2) is 4.55. The Morgan fingerprint density at radius 3 is 1.69 bits per heavy atom. The molecule has 2 aromatic rings. The molecular weight excluding hydrogens is 345 g/mol. The van der Waals surface area contributed by atoms with Gasteiger partial charge in [0, 0.05) is 16.5 Å². The highest BCUT2D eigenvalue weighted by Gasteiger charge is 2.59. The summed E-state index contributed by atoms with van der Waals surface area (Å²) in [6, 6.07) is 12.0. The van der Waals surface area contributed by atoms with Gasteiger partial charge in [-0.15, -0.1) is 0 Å². The lowest BCUT2D eigenvalue weighted by Crippen LogP contribution is -2.29. The van der Waals surface area contributed by atoms with Gasteiger partial charge in [0.25, 0.3) is 0 Å². The standard InChI is InChI=1S/C21H24NO3P/c1-19(2)11-21-12-20(3,4)14-8-6-10-16(18(14)21)25-26(22,23)24-15-9-5-7-13(19)17(15)21/h5-10H,11-12H2,1-4H3,(H2,22,23). The largest absolute Gasteiger partial charge is 0.510 e. The third-order valence-electron chi connectivity index (χ3n) is 6.41. The van der Waals surface area contributed by atoms with Crippen LogP contribution in [0.5, 0.6) is 11.5 Å². The number of benzene rings is 2. The van der Waals surface area contributed by atoms with Gasteiger partial charge in [-0.3, -0.25) is 0 Å². The topological polar surface area (TPSA) is 61.5 Å². The highest BCUT2D eigenvalue weighted by molar-refractivity contribution is 7.52. The van der Waals surface area contributed by atoms with E-state index in [4.69, 9.17) is 14.6 Å². The highest BCUT2D eigenvalue weighted by Crippen LogP contribution is 2.68. The zero-order valence-corrected chi connectivity index (χ0v) is 16.5. The second-order valence-electron chi connectivity index (χ2n) is 9.28. The van der Waals surface area contributed by atoms with Crippen molar-refractivity contribution in [3.8, 4) is 11.5 Å². The predicted molar refractivity (Wildman–Crippen MR) is 102 cm³/mol. The monoisotopic (exact) mass is 369 g/mol. The average Bonchev–Trinajstić information content (AvgIpc) is 2.87. The van der Waals surface area contributed by atoms with Crippen molar-refractivity contribution in [2.45, 2.75) is 56.8 Å². The van der Waals surface area contributed by atoms with E-state index in [1.54, 1.807) is 0 Å². The molecule has 0 unspecified atom stereocenters. The van der Waals surface area contributed by atoms with Gasteiger partial charge in [-0.2, -0.15) is 0 Å². The van der Waals surface area contributed by atoms with Crippen LogP contribution < -0.4 is 14.6 Å². The van der Waals surface area contributed by atoms with Gasteiger partial charge in [-0.1, -0.05) is 52.0 Å². The molecule has 1 heterocycles. The van der Waals surface area contributed by atoms with Crippen molar-refractivity contribution >= 4 is 7.75 Å². The molecule has 136 valence electrons. The van der Waals surface area contributed by atoms with Gasteiger partial charge >= 0.3 is 7.75 Å². The molecule has 0 atom stereocenters. The zero-order valence-electron chi connectivity index (χ0n) is 15.6. The molecule has 0 fully saturated rings. The smallest absolute Gasteiger partial charge is 0.404 e. The van der Waals surface area contributed by atoms with E-state index in [0.29, 0.717) is 11.5 Å². The fourth-order valence-electron chi connectivity index (χ4n) is 5.86. The van der Waals surface area contributed by atoms with E-state index < -0.39 is 7.75 Å². The van der Waals surface area contributed by atoms with Crippen molar-refractivity contribution in [1.29, 1.82) is 0 Å². The van der Waals surface area contributed by atoms with Crippen molar-refractivity contribution in [1.82, 2.24) is 0 Å². The fourth-order valence-corrected chi connectivity index (χ4v) is 6.75. The first-order valence-electron chi connectivity index (χ1n) is 9.12. The Morgan fingerprint density at radius 1 is 0.846 bits per heavy atom. The zero-order chi connectivity index (χ0) is 18.5. The molecule has 1 spiro atoms. The van der Waals surface area contributed by atoms with Crippen molar-refractivity contribution < 1.29 is 13.6 Å². The summed E-state index contributed by atoms with van der Waals surface area (Å²) in [7, 11) is -3.75. The summed E-state index contributed by atoms with van der Waals surface area (Å²) in [5.74, 6) is 1.22. The van der Waals surface area contributed by atoms with E-state index in [1.165, 1.54) is 11.1 Å². The summed E-state index contributed by atoms with van der Waals surface area (Å²) < 4.78 is 24.5. The molecular formula is C21H24NO3P. The van der Waals surface area contributed by atoms with Crippen LogP contribution in [-0.2, 0) is 20.8 Å². The van der Waals surface area contributed by atoms with E-state index >= 15 is 0 Å². The van der Waals surface area contributed by atoms with Crippen LogP contribution >= 0.6 is 7.75 Å². The van der Waals surface area contributed by atoms with Gasteiger partial charge in [-0.25, -0.2) is 10.1 Å². The Labute approximate surface area is 154 Å². The Morgan fingerprint density at radius 2 is 1.27 bits per heavy atom. The molecule has 0 saturated heterocycles. The molecule has 4 nitrogen and oxygen atoms in total. The molecule has 26 heavy (non-hydrogen) atoms. The Bertz CT molecular complexity index is 931. The number of nitrogens with two attached hydrogens (primary N) is 1. The maximum Gasteiger partial charge on any atom is 0.510 e. The van der Waals surface area contributed by atoms with E-state index in [0.717, 1.165) is 24.0 Å². The molecule has 5 rings (SSSR count). The molecule has 0 amide bonds. The minimum Gasteiger partial charge on any atom is -0.404 e. The molecule has 2 aliphatic carbocycles. The fraction of sp³-hybridized carbons (Fsp3) is 0.429. The van der Waals surface area contributed by atoms with E-state index in [-0.39, 0.29) is 16.2 Å². The van der Waals surface area contributed by atoms with Crippen LogP contribution in [0.25, 0.3) is 0 Å². The normalized spacial score (nSPS) is 24.5. The molecule has 5 heteroatoms. The second-order valence-corrected chi connectivity index (χ2v) is 10.7. The molecule has 3 aliphatic rings. The average molecular weight is 369 g/mol. The lowest BCUT2D eigenvalue weighted by molar-refractivity contribution is 0.327. The first-order valence-corrected chi connectivity index (χ1v) is 10.7. The molecule has 1 aliphatic heterocycles. The van der Waals surface area contributed by atoms with Crippen LogP contribution in [0.15, 0.2) is 36.4 Å². The Kier molecular flexibility index (Phi) is 2.87. The van der Waals surface area contributed by atoms with Gasteiger partial charge in [0.1, 0.15) is 11.5 Å². The van der Waals surface area contributed by atoms with E-state index in [2.05, 4.69) is 39.8 Å². The summed E-state index contributed by atoms with van der Waals surface area (Å²) in [6.07, 6.45) is 1.95. The third-order valence-corrected chi connectivity index (χ3v) is 7.31. The lowest BCUT2D eigenvalue weighted by Gasteiger charge is -2.34. The molecule has 0 aromatic heterocycles. The van der Waals surface area contributed by atoms with E-state index in [9.17, 15) is 4.57 Å². The van der Waals surface area contributed by atoms with Crippen molar-refractivity contribution in [2.75, 3.05) is 0 Å². The summed E-state index contributed by atoms with van der Waals surface area (Å²) >= 11 is 0. The van der Waals surface area contributed by atoms with Crippen molar-refractivity contribution in [3.63, 3.8) is 0 Å². The molecule has 0 radical (unpaired) electrons. The lowest BCUT2D eigenvalue weighted by atomic mass is 9.72. The quantitative estimate of drug-likeness (QED) is 0.651. The summed E-state index contributed by atoms with van der Waals surface area (Å²) in [5.41, 5.74) is 10.5. The van der Waals surface area contributed by atoms with Crippen LogP contribution in [0.3, 0.4) is 0 Å². The maximum absolute atomic E-state index is 12.9. The number of hydrogen-bond acceptors (Lipinski definition) is 3. The van der Waals surface area contributed by atoms with Crippen molar-refractivity contribution in [2.24, 2.45) is 5.50 Å². The van der Waals surface area contributed by atoms with Crippen molar-refractivity contribution in [3.05, 3.63) is 58.7 Å². The summed E-state index contributed by atoms with van der Waals surface area (Å²) in [6.45, 7) is 9.11. The first-order chi connectivity index (χ1) is 12.1. The van der Waals surface area contributed by atoms with Gasteiger partial charge in [0.05, 0.1) is 0 Å². The van der Waals surface area contributed by atoms with Crippen LogP contribution in [0.2, 0.25) is 0 Å². The summed E-state index contributed by atoms with van der Waals surface area (Å²) in [4.78, 5) is 0. The van der Waals surface area contributed by atoms with Crippen LogP contribution in [0.1, 0.15) is 62.8 Å². The van der Waals surface area contributed by atoms with Crippen LogP contribution in [0, 0.1) is 0 Å². The molecule has 2 N–H and O–H groups in total. The highest BCUT2D eigenvalue weighted by atomic mass is 31.2. The molecule has 0 bridgehead atoms. The summed E-state index contributed by atoms with van der Waals surface area (Å²) in [5, 5.41) is 0. The minimum absolute atomic E-state index is 0.0115. The predicted octanol–water partition coefficient (Wildman–Crippen LogP) is 5.17. The van der Waals surface area contributed by atoms with Gasteiger partial charge < -0.3 is 9.05 Å². The number of hydrogen-bond donors (Lipinski definition) is 1. The Hall–Kier alpha value is -1.77. The van der Waals surface area contributed by atoms with Gasteiger partial charge in [-0.05, 0) is 46.9 Å². The van der Waals surface area contributed by atoms with Gasteiger partial charge in [0.15, 0.2) is 0 Å². The van der Waals surface area contributed by atoms with E-state index in [1.807, 2.05) is 24.3 Å². The SMILES string of the molecule is CC1(C)CC23CC(C)(C)c4cccc(c42)OP(N)(=O)Oc2cccc1c23. The van der Waals surface area contributed by atoms with Crippen LogP contribution in [0.4, 0.5) is 0 Å².